The highest BCUT2D eigenvalue weighted by atomic mass is 19.4. The summed E-state index contributed by atoms with van der Waals surface area (Å²) in [5.74, 6) is 0. The number of halogens is 6. The number of rotatable bonds is 7. The van der Waals surface area contributed by atoms with Gasteiger partial charge in [0.2, 0.25) is 0 Å². The summed E-state index contributed by atoms with van der Waals surface area (Å²) in [6.07, 6.45) is -9.77. The van der Waals surface area contributed by atoms with Crippen molar-refractivity contribution in [2.24, 2.45) is 5.73 Å². The second kappa shape index (κ2) is 8.95. The van der Waals surface area contributed by atoms with Crippen LogP contribution in [0.25, 0.3) is 0 Å². The number of hydrogen-bond donors (Lipinski definition) is 2. The molecule has 2 aromatic carbocycles. The van der Waals surface area contributed by atoms with E-state index in [4.69, 9.17) is 10.5 Å². The van der Waals surface area contributed by atoms with Gasteiger partial charge in [-0.05, 0) is 67.3 Å². The summed E-state index contributed by atoms with van der Waals surface area (Å²) in [6.45, 7) is 2.97. The summed E-state index contributed by atoms with van der Waals surface area (Å²) in [4.78, 5) is 0. The first-order valence-electron chi connectivity index (χ1n) is 9.12. The summed E-state index contributed by atoms with van der Waals surface area (Å²) in [6, 6.07) is 6.51. The van der Waals surface area contributed by atoms with Gasteiger partial charge in [0.05, 0.1) is 24.3 Å². The lowest BCUT2D eigenvalue weighted by Gasteiger charge is -2.29. The van der Waals surface area contributed by atoms with Crippen LogP contribution in [-0.2, 0) is 29.3 Å². The SMILES string of the molecule is Cc1ccc(C(O)(CCN)COCc2cc(C(F)(F)F)cc(C(F)(F)F)c2)cc1C. The van der Waals surface area contributed by atoms with Crippen molar-refractivity contribution in [3.05, 3.63) is 69.8 Å². The smallest absolute Gasteiger partial charge is 0.383 e. The highest BCUT2D eigenvalue weighted by Gasteiger charge is 2.37. The zero-order valence-electron chi connectivity index (χ0n) is 16.5. The van der Waals surface area contributed by atoms with Gasteiger partial charge in [-0.2, -0.15) is 26.3 Å². The van der Waals surface area contributed by atoms with E-state index in [0.717, 1.165) is 11.1 Å². The lowest BCUT2D eigenvalue weighted by molar-refractivity contribution is -0.143. The van der Waals surface area contributed by atoms with Gasteiger partial charge >= 0.3 is 12.4 Å². The van der Waals surface area contributed by atoms with Crippen LogP contribution in [0.4, 0.5) is 26.3 Å². The molecular weight excluding hydrogens is 412 g/mol. The van der Waals surface area contributed by atoms with Crippen LogP contribution >= 0.6 is 0 Å². The highest BCUT2D eigenvalue weighted by Crippen LogP contribution is 2.36. The average molecular weight is 435 g/mol. The fourth-order valence-corrected chi connectivity index (χ4v) is 3.01. The van der Waals surface area contributed by atoms with E-state index in [-0.39, 0.29) is 31.2 Å². The van der Waals surface area contributed by atoms with Gasteiger partial charge in [-0.1, -0.05) is 18.2 Å². The second-order valence-corrected chi connectivity index (χ2v) is 7.28. The van der Waals surface area contributed by atoms with Crippen LogP contribution in [-0.4, -0.2) is 18.3 Å². The van der Waals surface area contributed by atoms with E-state index >= 15 is 0 Å². The second-order valence-electron chi connectivity index (χ2n) is 7.28. The van der Waals surface area contributed by atoms with Crippen LogP contribution in [0.2, 0.25) is 0 Å². The zero-order valence-corrected chi connectivity index (χ0v) is 16.5. The number of hydrogen-bond acceptors (Lipinski definition) is 3. The number of ether oxygens (including phenoxy) is 1. The summed E-state index contributed by atoms with van der Waals surface area (Å²) in [5, 5.41) is 11.0. The monoisotopic (exact) mass is 435 g/mol. The first-order chi connectivity index (χ1) is 13.8. The average Bonchev–Trinajstić information content (AvgIpc) is 2.62. The molecule has 0 fully saturated rings. The van der Waals surface area contributed by atoms with Gasteiger partial charge in [0.15, 0.2) is 0 Å². The van der Waals surface area contributed by atoms with Crippen LogP contribution < -0.4 is 5.73 Å². The molecule has 3 nitrogen and oxygen atoms in total. The van der Waals surface area contributed by atoms with Gasteiger partial charge in [0, 0.05) is 0 Å². The van der Waals surface area contributed by atoms with E-state index in [1.807, 2.05) is 13.8 Å². The Morgan fingerprint density at radius 1 is 0.833 bits per heavy atom. The predicted molar refractivity (Wildman–Crippen MR) is 99.6 cm³/mol. The third kappa shape index (κ3) is 5.96. The van der Waals surface area contributed by atoms with Crippen molar-refractivity contribution < 1.29 is 36.2 Å². The van der Waals surface area contributed by atoms with Crippen molar-refractivity contribution in [2.75, 3.05) is 13.2 Å². The normalized spacial score (nSPS) is 14.6. The molecule has 9 heteroatoms. The van der Waals surface area contributed by atoms with Crippen LogP contribution in [0, 0.1) is 13.8 Å². The number of benzene rings is 2. The van der Waals surface area contributed by atoms with Crippen LogP contribution in [0.5, 0.6) is 0 Å². The highest BCUT2D eigenvalue weighted by molar-refractivity contribution is 5.34. The number of nitrogens with two attached hydrogens (primary N) is 1. The summed E-state index contributed by atoms with van der Waals surface area (Å²) < 4.78 is 83.2. The number of aliphatic hydroxyl groups is 1. The Balaban J connectivity index is 2.25. The van der Waals surface area contributed by atoms with Crippen LogP contribution in [0.15, 0.2) is 36.4 Å². The van der Waals surface area contributed by atoms with E-state index in [9.17, 15) is 31.4 Å². The molecule has 0 amide bonds. The lowest BCUT2D eigenvalue weighted by atomic mass is 9.89. The maximum atomic E-state index is 13.0. The summed E-state index contributed by atoms with van der Waals surface area (Å²) >= 11 is 0. The van der Waals surface area contributed by atoms with Gasteiger partial charge in [-0.3, -0.25) is 0 Å². The Kier molecular flexibility index (Phi) is 7.21. The minimum Gasteiger partial charge on any atom is -0.383 e. The van der Waals surface area contributed by atoms with Crippen molar-refractivity contribution in [2.45, 2.75) is 44.8 Å². The molecule has 2 rings (SSSR count). The minimum atomic E-state index is -4.93. The quantitative estimate of drug-likeness (QED) is 0.596. The number of alkyl halides is 6. The molecule has 0 aromatic heterocycles. The third-order valence-electron chi connectivity index (χ3n) is 4.86. The molecule has 0 spiro atoms. The Hall–Kier alpha value is -2.10. The van der Waals surface area contributed by atoms with Crippen LogP contribution in [0.1, 0.15) is 39.8 Å². The van der Waals surface area contributed by atoms with Crippen molar-refractivity contribution >= 4 is 0 Å². The maximum absolute atomic E-state index is 13.0. The third-order valence-corrected chi connectivity index (χ3v) is 4.86. The van der Waals surface area contributed by atoms with Gasteiger partial charge in [0.1, 0.15) is 5.60 Å². The Morgan fingerprint density at radius 3 is 1.87 bits per heavy atom. The number of aryl methyl sites for hydroxylation is 2. The van der Waals surface area contributed by atoms with Gasteiger partial charge in [0.25, 0.3) is 0 Å². The fraction of sp³-hybridized carbons (Fsp3) is 0.429. The molecule has 30 heavy (non-hydrogen) atoms. The van der Waals surface area contributed by atoms with Crippen molar-refractivity contribution in [3.8, 4) is 0 Å². The molecule has 0 radical (unpaired) electrons. The molecule has 0 bridgehead atoms. The van der Waals surface area contributed by atoms with Gasteiger partial charge < -0.3 is 15.6 Å². The molecule has 2 aromatic rings. The predicted octanol–water partition coefficient (Wildman–Crippen LogP) is 5.09. The summed E-state index contributed by atoms with van der Waals surface area (Å²) in [5.41, 5.74) is 3.34. The van der Waals surface area contributed by atoms with Crippen LogP contribution in [0.3, 0.4) is 0 Å². The van der Waals surface area contributed by atoms with E-state index in [0.29, 0.717) is 17.7 Å². The van der Waals surface area contributed by atoms with Gasteiger partial charge in [-0.15, -0.1) is 0 Å². The topological polar surface area (TPSA) is 55.5 Å². The molecule has 0 aliphatic rings. The molecule has 1 atom stereocenters. The Bertz CT molecular complexity index is 847. The minimum absolute atomic E-state index is 0.0589. The Morgan fingerprint density at radius 2 is 1.40 bits per heavy atom. The first-order valence-corrected chi connectivity index (χ1v) is 9.12. The lowest BCUT2D eigenvalue weighted by Crippen LogP contribution is -2.34. The van der Waals surface area contributed by atoms with E-state index in [1.54, 1.807) is 18.2 Å². The molecule has 3 N–H and O–H groups in total. The molecule has 166 valence electrons. The molecule has 0 aliphatic carbocycles. The Labute approximate surface area is 170 Å². The van der Waals surface area contributed by atoms with E-state index in [2.05, 4.69) is 0 Å². The van der Waals surface area contributed by atoms with E-state index < -0.39 is 35.7 Å². The zero-order chi connectivity index (χ0) is 22.7. The maximum Gasteiger partial charge on any atom is 0.416 e. The van der Waals surface area contributed by atoms with E-state index in [1.165, 1.54) is 0 Å². The first kappa shape index (κ1) is 24.2. The fourth-order valence-electron chi connectivity index (χ4n) is 3.01. The molecule has 0 saturated heterocycles. The van der Waals surface area contributed by atoms with Gasteiger partial charge in [-0.25, -0.2) is 0 Å². The molecule has 0 saturated carbocycles. The largest absolute Gasteiger partial charge is 0.416 e. The molecular formula is C21H23F6NO2. The van der Waals surface area contributed by atoms with Crippen molar-refractivity contribution in [3.63, 3.8) is 0 Å². The molecule has 0 heterocycles. The van der Waals surface area contributed by atoms with Crippen molar-refractivity contribution in [1.82, 2.24) is 0 Å². The summed E-state index contributed by atoms with van der Waals surface area (Å²) in [7, 11) is 0. The molecule has 0 aliphatic heterocycles. The van der Waals surface area contributed by atoms with Crippen molar-refractivity contribution in [1.29, 1.82) is 0 Å². The molecule has 1 unspecified atom stereocenters. The standard InChI is InChI=1S/C21H23F6NO2/c1-13-3-4-16(7-14(13)2)19(29,5-6-28)12-30-11-15-8-17(20(22,23)24)10-18(9-15)21(25,26)27/h3-4,7-10,29H,5-6,11-12,28H2,1-2H3.